The molecule has 0 aliphatic carbocycles. The highest BCUT2D eigenvalue weighted by molar-refractivity contribution is 5.91. The topological polar surface area (TPSA) is 58.4 Å². The van der Waals surface area contributed by atoms with Crippen molar-refractivity contribution in [1.29, 1.82) is 0 Å². The van der Waals surface area contributed by atoms with Gasteiger partial charge in [-0.1, -0.05) is 6.58 Å². The summed E-state index contributed by atoms with van der Waals surface area (Å²) < 4.78 is 1.78. The van der Waals surface area contributed by atoms with Crippen LogP contribution in [0.4, 0.5) is 0 Å². The molecular weight excluding hydrogens is 280 g/mol. The first kappa shape index (κ1) is 16.3. The van der Waals surface area contributed by atoms with Crippen LogP contribution in [0.2, 0.25) is 0 Å². The van der Waals surface area contributed by atoms with Gasteiger partial charge in [-0.3, -0.25) is 14.3 Å². The monoisotopic (exact) mass is 304 g/mol. The molecule has 6 heteroatoms. The lowest BCUT2D eigenvalue weighted by Crippen LogP contribution is -2.42. The minimum atomic E-state index is -0.204. The van der Waals surface area contributed by atoms with E-state index in [2.05, 4.69) is 11.7 Å². The molecule has 6 nitrogen and oxygen atoms in total. The van der Waals surface area contributed by atoms with Crippen molar-refractivity contribution in [3.05, 3.63) is 30.1 Å². The van der Waals surface area contributed by atoms with Crippen LogP contribution in [0.25, 0.3) is 0 Å². The summed E-state index contributed by atoms with van der Waals surface area (Å²) in [5, 5.41) is 4.37. The molecule has 0 aromatic carbocycles. The summed E-state index contributed by atoms with van der Waals surface area (Å²) in [5.41, 5.74) is 2.06. The van der Waals surface area contributed by atoms with Crippen molar-refractivity contribution in [3.63, 3.8) is 0 Å². The van der Waals surface area contributed by atoms with Gasteiger partial charge in [0.1, 0.15) is 6.54 Å². The molecule has 1 fully saturated rings. The maximum absolute atomic E-state index is 12.6. The Bertz CT molecular complexity index is 579. The number of aryl methyl sites for hydroxylation is 2. The zero-order valence-electron chi connectivity index (χ0n) is 13.6. The fourth-order valence-corrected chi connectivity index (χ4v) is 3.06. The highest BCUT2D eigenvalue weighted by Crippen LogP contribution is 2.33. The Morgan fingerprint density at radius 1 is 1.55 bits per heavy atom. The van der Waals surface area contributed by atoms with Gasteiger partial charge in [0, 0.05) is 31.9 Å². The molecule has 2 heterocycles. The van der Waals surface area contributed by atoms with Gasteiger partial charge in [0.25, 0.3) is 0 Å². The first-order valence-corrected chi connectivity index (χ1v) is 7.68. The van der Waals surface area contributed by atoms with Crippen LogP contribution in [-0.2, 0) is 16.6 Å². The molecule has 1 aromatic rings. The Morgan fingerprint density at radius 2 is 2.27 bits per heavy atom. The van der Waals surface area contributed by atoms with Gasteiger partial charge in [0.15, 0.2) is 0 Å². The van der Waals surface area contributed by atoms with Crippen molar-refractivity contribution >= 4 is 11.8 Å². The number of carbonyl (C=O) groups excluding carboxylic acids is 2. The highest BCUT2D eigenvalue weighted by Gasteiger charge is 2.32. The number of nitrogens with zero attached hydrogens (tertiary/aromatic N) is 4. The molecular formula is C16H24N4O2. The molecule has 2 rings (SSSR count). The Morgan fingerprint density at radius 3 is 2.82 bits per heavy atom. The van der Waals surface area contributed by atoms with Crippen molar-refractivity contribution in [2.24, 2.45) is 7.05 Å². The summed E-state index contributed by atoms with van der Waals surface area (Å²) in [4.78, 5) is 27.7. The minimum absolute atomic E-state index is 0.0113. The van der Waals surface area contributed by atoms with E-state index in [1.165, 1.54) is 11.0 Å². The first-order chi connectivity index (χ1) is 10.5. The van der Waals surface area contributed by atoms with Gasteiger partial charge in [-0.25, -0.2) is 0 Å². The van der Waals surface area contributed by atoms with Crippen LogP contribution in [-0.4, -0.2) is 51.0 Å². The van der Waals surface area contributed by atoms with Crippen LogP contribution < -0.4 is 0 Å². The average Bonchev–Trinajstić information content (AvgIpc) is 3.09. The van der Waals surface area contributed by atoms with Crippen molar-refractivity contribution in [3.8, 4) is 0 Å². The molecule has 1 unspecified atom stereocenters. The smallest absolute Gasteiger partial charge is 0.246 e. The molecule has 1 aliphatic heterocycles. The number of carbonyl (C=O) groups is 2. The summed E-state index contributed by atoms with van der Waals surface area (Å²) in [6.07, 6.45) is 5.16. The lowest BCUT2D eigenvalue weighted by molar-refractivity contribution is -0.138. The van der Waals surface area contributed by atoms with E-state index in [1.807, 2.05) is 32.0 Å². The predicted molar refractivity (Wildman–Crippen MR) is 84.1 cm³/mol. The fraction of sp³-hybridized carbons (Fsp3) is 0.562. The lowest BCUT2D eigenvalue weighted by atomic mass is 10.1. The lowest BCUT2D eigenvalue weighted by Gasteiger charge is -2.27. The van der Waals surface area contributed by atoms with Crippen LogP contribution >= 0.6 is 0 Å². The normalized spacial score (nSPS) is 17.6. The Balaban J connectivity index is 2.13. The van der Waals surface area contributed by atoms with Gasteiger partial charge < -0.3 is 9.80 Å². The van der Waals surface area contributed by atoms with E-state index in [0.717, 1.165) is 30.6 Å². The zero-order chi connectivity index (χ0) is 16.3. The number of likely N-dealkylation sites (tertiary alicyclic amines) is 1. The second-order valence-corrected chi connectivity index (χ2v) is 5.65. The number of rotatable bonds is 5. The van der Waals surface area contributed by atoms with E-state index in [0.29, 0.717) is 6.54 Å². The molecule has 0 spiro atoms. The van der Waals surface area contributed by atoms with Gasteiger partial charge in [-0.05, 0) is 32.8 Å². The first-order valence-electron chi connectivity index (χ1n) is 7.68. The molecule has 1 saturated heterocycles. The molecule has 0 N–H and O–H groups in total. The molecule has 120 valence electrons. The average molecular weight is 304 g/mol. The van der Waals surface area contributed by atoms with Crippen molar-refractivity contribution in [1.82, 2.24) is 19.6 Å². The summed E-state index contributed by atoms with van der Waals surface area (Å²) >= 11 is 0. The van der Waals surface area contributed by atoms with E-state index in [9.17, 15) is 9.59 Å². The van der Waals surface area contributed by atoms with E-state index in [-0.39, 0.29) is 24.4 Å². The molecule has 0 bridgehead atoms. The third-order valence-electron chi connectivity index (χ3n) is 4.18. The summed E-state index contributed by atoms with van der Waals surface area (Å²) in [7, 11) is 1.89. The summed E-state index contributed by atoms with van der Waals surface area (Å²) in [6, 6.07) is 0.0683. The van der Waals surface area contributed by atoms with Crippen LogP contribution in [0.1, 0.15) is 37.1 Å². The Labute approximate surface area is 131 Å². The van der Waals surface area contributed by atoms with Crippen LogP contribution in [0.5, 0.6) is 0 Å². The maximum atomic E-state index is 12.6. The molecule has 0 radical (unpaired) electrons. The fourth-order valence-electron chi connectivity index (χ4n) is 3.06. The second kappa shape index (κ2) is 6.77. The van der Waals surface area contributed by atoms with Gasteiger partial charge in [0.05, 0.1) is 11.7 Å². The molecule has 1 atom stereocenters. The largest absolute Gasteiger partial charge is 0.334 e. The number of hydrogen-bond acceptors (Lipinski definition) is 3. The Hall–Kier alpha value is -2.11. The molecule has 0 saturated carbocycles. The standard InChI is InChI=1S/C16H24N4O2/c1-5-15(21)19(6-2)11-16(22)20-9-7-8-14(20)13-10-18(4)17-12(13)3/h5,10,14H,1,6-9,11H2,2-4H3. The van der Waals surface area contributed by atoms with Gasteiger partial charge in [-0.15, -0.1) is 0 Å². The third-order valence-corrected chi connectivity index (χ3v) is 4.18. The molecule has 1 aromatic heterocycles. The van der Waals surface area contributed by atoms with Crippen LogP contribution in [0, 0.1) is 6.92 Å². The van der Waals surface area contributed by atoms with Crippen molar-refractivity contribution < 1.29 is 9.59 Å². The van der Waals surface area contributed by atoms with E-state index < -0.39 is 0 Å². The van der Waals surface area contributed by atoms with E-state index in [4.69, 9.17) is 0 Å². The summed E-state index contributed by atoms with van der Waals surface area (Å²) in [5.74, 6) is -0.216. The quantitative estimate of drug-likeness (QED) is 0.773. The maximum Gasteiger partial charge on any atom is 0.246 e. The summed E-state index contributed by atoms with van der Waals surface area (Å²) in [6.45, 7) is 8.66. The number of likely N-dealkylation sites (N-methyl/N-ethyl adjacent to an activating group) is 1. The van der Waals surface area contributed by atoms with Crippen LogP contribution in [0.15, 0.2) is 18.9 Å². The minimum Gasteiger partial charge on any atom is -0.334 e. The van der Waals surface area contributed by atoms with E-state index in [1.54, 1.807) is 4.68 Å². The van der Waals surface area contributed by atoms with Crippen molar-refractivity contribution in [2.75, 3.05) is 19.6 Å². The predicted octanol–water partition coefficient (Wildman–Crippen LogP) is 1.43. The molecule has 2 amide bonds. The number of aromatic nitrogens is 2. The van der Waals surface area contributed by atoms with Gasteiger partial charge >= 0.3 is 0 Å². The van der Waals surface area contributed by atoms with Gasteiger partial charge in [0.2, 0.25) is 11.8 Å². The third kappa shape index (κ3) is 3.21. The van der Waals surface area contributed by atoms with Crippen molar-refractivity contribution in [2.45, 2.75) is 32.7 Å². The van der Waals surface area contributed by atoms with E-state index >= 15 is 0 Å². The second-order valence-electron chi connectivity index (χ2n) is 5.65. The molecule has 1 aliphatic rings. The SMILES string of the molecule is C=CC(=O)N(CC)CC(=O)N1CCCC1c1cn(C)nc1C. The number of hydrogen-bond donors (Lipinski definition) is 0. The highest BCUT2D eigenvalue weighted by atomic mass is 16.2. The van der Waals surface area contributed by atoms with Gasteiger partial charge in [-0.2, -0.15) is 5.10 Å². The Kier molecular flexibility index (Phi) is 5.00. The zero-order valence-corrected chi connectivity index (χ0v) is 13.6. The molecule has 22 heavy (non-hydrogen) atoms. The van der Waals surface area contributed by atoms with Crippen LogP contribution in [0.3, 0.4) is 0 Å². The number of amides is 2.